The Labute approximate surface area is 115 Å². The van der Waals surface area contributed by atoms with E-state index in [0.717, 1.165) is 5.52 Å². The zero-order valence-electron chi connectivity index (χ0n) is 10.8. The molecule has 0 radical (unpaired) electrons. The Kier molecular flexibility index (Phi) is 3.12. The summed E-state index contributed by atoms with van der Waals surface area (Å²) in [6, 6.07) is 11.7. The minimum absolute atomic E-state index is 0.0252. The number of aromatic nitrogens is 2. The van der Waals surface area contributed by atoms with Gasteiger partial charge in [0, 0.05) is 12.1 Å². The summed E-state index contributed by atoms with van der Waals surface area (Å²) < 4.78 is 15.2. The lowest BCUT2D eigenvalue weighted by Crippen LogP contribution is -2.04. The Bertz CT molecular complexity index is 767. The predicted octanol–water partition coefficient (Wildman–Crippen LogP) is 2.42. The fourth-order valence-electron chi connectivity index (χ4n) is 2.34. The van der Waals surface area contributed by atoms with Gasteiger partial charge in [-0.1, -0.05) is 18.2 Å². The van der Waals surface area contributed by atoms with Crippen molar-refractivity contribution in [3.05, 3.63) is 48.3 Å². The maximum atomic E-state index is 13.4. The van der Waals surface area contributed by atoms with Gasteiger partial charge in [0.2, 0.25) is 0 Å². The Morgan fingerprint density at radius 2 is 2.00 bits per heavy atom. The highest BCUT2D eigenvalue weighted by Crippen LogP contribution is 2.28. The first-order valence-corrected chi connectivity index (χ1v) is 6.32. The van der Waals surface area contributed by atoms with Crippen molar-refractivity contribution in [3.63, 3.8) is 0 Å². The highest BCUT2D eigenvalue weighted by atomic mass is 19.1. The molecule has 0 saturated carbocycles. The molecule has 0 unspecified atom stereocenters. The summed E-state index contributed by atoms with van der Waals surface area (Å²) in [7, 11) is 0. The number of nitrogens with two attached hydrogens (primary N) is 1. The highest BCUT2D eigenvalue weighted by Gasteiger charge is 2.14. The topological polar surface area (TPSA) is 64.1 Å². The van der Waals surface area contributed by atoms with Crippen molar-refractivity contribution >= 4 is 16.7 Å². The van der Waals surface area contributed by atoms with Gasteiger partial charge < -0.3 is 15.4 Å². The molecule has 0 atom stereocenters. The molecular weight excluding hydrogens is 257 g/mol. The van der Waals surface area contributed by atoms with Gasteiger partial charge in [-0.05, 0) is 24.3 Å². The third kappa shape index (κ3) is 2.02. The summed E-state index contributed by atoms with van der Waals surface area (Å²) in [6.45, 7) is 0.356. The fourth-order valence-corrected chi connectivity index (χ4v) is 2.34. The molecule has 0 spiro atoms. The standard InChI is InChI=1S/C15H14FN3O/c16-11-4-1-3-10(9-11)15-18-14-12(17)5-2-6-13(14)19(15)7-8-20/h1-6,9,20H,7-8,17H2. The van der Waals surface area contributed by atoms with Gasteiger partial charge in [-0.25, -0.2) is 9.37 Å². The van der Waals surface area contributed by atoms with Crippen molar-refractivity contribution in [3.8, 4) is 11.4 Å². The van der Waals surface area contributed by atoms with E-state index in [0.29, 0.717) is 29.1 Å². The first-order valence-electron chi connectivity index (χ1n) is 6.32. The smallest absolute Gasteiger partial charge is 0.141 e. The molecule has 1 aromatic heterocycles. The van der Waals surface area contributed by atoms with E-state index in [1.807, 2.05) is 16.7 Å². The Balaban J connectivity index is 2.29. The lowest BCUT2D eigenvalue weighted by atomic mass is 10.2. The van der Waals surface area contributed by atoms with E-state index in [1.54, 1.807) is 18.2 Å². The minimum atomic E-state index is -0.321. The molecule has 0 amide bonds. The van der Waals surface area contributed by atoms with Crippen LogP contribution >= 0.6 is 0 Å². The van der Waals surface area contributed by atoms with Crippen molar-refractivity contribution in [1.29, 1.82) is 0 Å². The molecule has 1 heterocycles. The van der Waals surface area contributed by atoms with Crippen LogP contribution in [-0.2, 0) is 6.54 Å². The number of benzene rings is 2. The third-order valence-corrected chi connectivity index (χ3v) is 3.22. The van der Waals surface area contributed by atoms with Crippen LogP contribution in [0.1, 0.15) is 0 Å². The summed E-state index contributed by atoms with van der Waals surface area (Å²) in [5, 5.41) is 9.24. The molecule has 5 heteroatoms. The minimum Gasteiger partial charge on any atom is -0.397 e. The second-order valence-electron chi connectivity index (χ2n) is 4.54. The largest absolute Gasteiger partial charge is 0.397 e. The van der Waals surface area contributed by atoms with Crippen LogP contribution in [0.4, 0.5) is 10.1 Å². The van der Waals surface area contributed by atoms with E-state index in [4.69, 9.17) is 5.73 Å². The predicted molar refractivity (Wildman–Crippen MR) is 76.6 cm³/mol. The van der Waals surface area contributed by atoms with Crippen molar-refractivity contribution in [2.75, 3.05) is 12.3 Å². The zero-order valence-corrected chi connectivity index (χ0v) is 10.8. The summed E-state index contributed by atoms with van der Waals surface area (Å²) in [4.78, 5) is 4.50. The van der Waals surface area contributed by atoms with Crippen LogP contribution in [0.15, 0.2) is 42.5 Å². The molecule has 0 saturated heterocycles. The molecule has 0 aliphatic carbocycles. The quantitative estimate of drug-likeness (QED) is 0.719. The Morgan fingerprint density at radius 1 is 1.20 bits per heavy atom. The second kappa shape index (κ2) is 4.94. The molecule has 3 rings (SSSR count). The molecule has 3 aromatic rings. The highest BCUT2D eigenvalue weighted by molar-refractivity contribution is 5.90. The zero-order chi connectivity index (χ0) is 14.1. The summed E-state index contributed by atoms with van der Waals surface area (Å²) in [5.74, 6) is 0.282. The van der Waals surface area contributed by atoms with Crippen molar-refractivity contribution < 1.29 is 9.50 Å². The van der Waals surface area contributed by atoms with Crippen LogP contribution in [0.3, 0.4) is 0 Å². The average Bonchev–Trinajstić information content (AvgIpc) is 2.80. The molecule has 102 valence electrons. The number of rotatable bonds is 3. The maximum Gasteiger partial charge on any atom is 0.141 e. The molecule has 0 aliphatic rings. The molecule has 0 aliphatic heterocycles. The first-order chi connectivity index (χ1) is 9.70. The fraction of sp³-hybridized carbons (Fsp3) is 0.133. The van der Waals surface area contributed by atoms with Crippen molar-refractivity contribution in [1.82, 2.24) is 9.55 Å². The molecular formula is C15H14FN3O. The van der Waals surface area contributed by atoms with Crippen molar-refractivity contribution in [2.24, 2.45) is 0 Å². The van der Waals surface area contributed by atoms with Crippen LogP contribution in [0.5, 0.6) is 0 Å². The lowest BCUT2D eigenvalue weighted by molar-refractivity contribution is 0.278. The maximum absolute atomic E-state index is 13.4. The van der Waals surface area contributed by atoms with Gasteiger partial charge in [0.15, 0.2) is 0 Å². The summed E-state index contributed by atoms with van der Waals surface area (Å²) in [5.41, 5.74) is 8.66. The summed E-state index contributed by atoms with van der Waals surface area (Å²) in [6.07, 6.45) is 0. The third-order valence-electron chi connectivity index (χ3n) is 3.22. The molecule has 20 heavy (non-hydrogen) atoms. The van der Waals surface area contributed by atoms with Gasteiger partial charge in [-0.3, -0.25) is 0 Å². The van der Waals surface area contributed by atoms with E-state index >= 15 is 0 Å². The molecule has 0 bridgehead atoms. The first kappa shape index (κ1) is 12.6. The normalized spacial score (nSPS) is 11.1. The Morgan fingerprint density at radius 3 is 2.75 bits per heavy atom. The number of aliphatic hydroxyl groups excluding tert-OH is 1. The number of anilines is 1. The van der Waals surface area contributed by atoms with Crippen molar-refractivity contribution in [2.45, 2.75) is 6.54 Å². The van der Waals surface area contributed by atoms with Gasteiger partial charge >= 0.3 is 0 Å². The van der Waals surface area contributed by atoms with Crippen LogP contribution in [-0.4, -0.2) is 21.3 Å². The van der Waals surface area contributed by atoms with E-state index in [1.165, 1.54) is 12.1 Å². The van der Waals surface area contributed by atoms with Crippen LogP contribution in [0.25, 0.3) is 22.4 Å². The van der Waals surface area contributed by atoms with E-state index in [-0.39, 0.29) is 12.4 Å². The number of imidazole rings is 1. The summed E-state index contributed by atoms with van der Waals surface area (Å²) >= 11 is 0. The van der Waals surface area contributed by atoms with Gasteiger partial charge in [-0.15, -0.1) is 0 Å². The van der Waals surface area contributed by atoms with Gasteiger partial charge in [0.05, 0.1) is 17.8 Å². The second-order valence-corrected chi connectivity index (χ2v) is 4.54. The number of para-hydroxylation sites is 1. The number of halogens is 1. The number of hydrogen-bond donors (Lipinski definition) is 2. The van der Waals surface area contributed by atoms with E-state index in [2.05, 4.69) is 4.98 Å². The Hall–Kier alpha value is -2.40. The van der Waals surface area contributed by atoms with Crippen LogP contribution in [0, 0.1) is 5.82 Å². The molecule has 2 aromatic carbocycles. The van der Waals surface area contributed by atoms with E-state index < -0.39 is 0 Å². The lowest BCUT2D eigenvalue weighted by Gasteiger charge is -2.07. The molecule has 0 fully saturated rings. The van der Waals surface area contributed by atoms with Gasteiger partial charge in [0.25, 0.3) is 0 Å². The SMILES string of the molecule is Nc1cccc2c1nc(-c1cccc(F)c1)n2CCO. The van der Waals surface area contributed by atoms with Crippen LogP contribution in [0.2, 0.25) is 0 Å². The monoisotopic (exact) mass is 271 g/mol. The number of aliphatic hydroxyl groups is 1. The van der Waals surface area contributed by atoms with Crippen LogP contribution < -0.4 is 5.73 Å². The molecule has 3 N–H and O–H groups in total. The molecule has 4 nitrogen and oxygen atoms in total. The number of hydrogen-bond acceptors (Lipinski definition) is 3. The number of fused-ring (bicyclic) bond motifs is 1. The van der Waals surface area contributed by atoms with Gasteiger partial charge in [0.1, 0.15) is 17.2 Å². The van der Waals surface area contributed by atoms with E-state index in [9.17, 15) is 9.50 Å². The number of nitrogens with zero attached hydrogens (tertiary/aromatic N) is 2. The number of nitrogen functional groups attached to an aromatic ring is 1. The average molecular weight is 271 g/mol. The van der Waals surface area contributed by atoms with Gasteiger partial charge in [-0.2, -0.15) is 0 Å².